The number of para-hydroxylation sites is 2. The zero-order chi connectivity index (χ0) is 15.4. The van der Waals surface area contributed by atoms with Crippen LogP contribution in [0.2, 0.25) is 0 Å². The second-order valence-electron chi connectivity index (χ2n) is 4.86. The fourth-order valence-corrected chi connectivity index (χ4v) is 2.26. The molecule has 0 unspecified atom stereocenters. The molecular formula is C15H17N5O2. The normalized spacial score (nSPS) is 11.0. The summed E-state index contributed by atoms with van der Waals surface area (Å²) < 4.78 is 6.89. The van der Waals surface area contributed by atoms with Gasteiger partial charge in [-0.05, 0) is 19.1 Å². The van der Waals surface area contributed by atoms with Crippen molar-refractivity contribution in [3.8, 4) is 0 Å². The lowest BCUT2D eigenvalue weighted by molar-refractivity contribution is -0.143. The smallest absolute Gasteiger partial charge is 0.306 e. The third-order valence-electron chi connectivity index (χ3n) is 3.28. The molecular weight excluding hydrogens is 282 g/mol. The van der Waals surface area contributed by atoms with E-state index in [1.54, 1.807) is 13.3 Å². The first kappa shape index (κ1) is 14.2. The summed E-state index contributed by atoms with van der Waals surface area (Å²) in [6.07, 6.45) is 2.55. The van der Waals surface area contributed by atoms with Gasteiger partial charge in [-0.15, -0.1) is 0 Å². The first-order valence-corrected chi connectivity index (χ1v) is 7.22. The maximum atomic E-state index is 11.3. The van der Waals surface area contributed by atoms with Crippen molar-refractivity contribution in [2.75, 3.05) is 6.61 Å². The second-order valence-corrected chi connectivity index (χ2v) is 4.86. The van der Waals surface area contributed by atoms with Crippen LogP contribution in [0.25, 0.3) is 11.0 Å². The van der Waals surface area contributed by atoms with Gasteiger partial charge in [0.2, 0.25) is 0 Å². The Balaban J connectivity index is 1.65. The zero-order valence-corrected chi connectivity index (χ0v) is 12.3. The van der Waals surface area contributed by atoms with Crippen LogP contribution >= 0.6 is 0 Å². The highest BCUT2D eigenvalue weighted by atomic mass is 16.5. The van der Waals surface area contributed by atoms with Crippen molar-refractivity contribution in [1.29, 1.82) is 0 Å². The predicted molar refractivity (Wildman–Crippen MR) is 80.2 cm³/mol. The molecule has 114 valence electrons. The Morgan fingerprint density at radius 2 is 2.23 bits per heavy atom. The van der Waals surface area contributed by atoms with E-state index in [1.807, 2.05) is 28.8 Å². The largest absolute Gasteiger partial charge is 0.466 e. The van der Waals surface area contributed by atoms with E-state index in [0.29, 0.717) is 31.8 Å². The van der Waals surface area contributed by atoms with E-state index in [9.17, 15) is 4.79 Å². The van der Waals surface area contributed by atoms with Crippen LogP contribution in [0.15, 0.2) is 30.6 Å². The van der Waals surface area contributed by atoms with Gasteiger partial charge in [-0.2, -0.15) is 5.10 Å². The van der Waals surface area contributed by atoms with Crippen LogP contribution < -0.4 is 0 Å². The van der Waals surface area contributed by atoms with E-state index in [4.69, 9.17) is 4.74 Å². The number of nitrogens with one attached hydrogen (secondary N) is 1. The molecule has 2 heterocycles. The molecule has 1 N–H and O–H groups in total. The highest BCUT2D eigenvalue weighted by Crippen LogP contribution is 2.12. The Labute approximate surface area is 127 Å². The monoisotopic (exact) mass is 299 g/mol. The molecule has 7 nitrogen and oxygen atoms in total. The van der Waals surface area contributed by atoms with Crippen LogP contribution in [0.5, 0.6) is 0 Å². The van der Waals surface area contributed by atoms with Crippen molar-refractivity contribution < 1.29 is 9.53 Å². The fourth-order valence-electron chi connectivity index (χ4n) is 2.26. The van der Waals surface area contributed by atoms with Crippen LogP contribution in [0, 0.1) is 0 Å². The van der Waals surface area contributed by atoms with Crippen LogP contribution in [-0.4, -0.2) is 37.3 Å². The molecule has 3 rings (SSSR count). The molecule has 0 fully saturated rings. The Bertz CT molecular complexity index is 777. The minimum atomic E-state index is -0.227. The number of aromatic amines is 1. The van der Waals surface area contributed by atoms with Crippen molar-refractivity contribution in [3.05, 3.63) is 42.2 Å². The summed E-state index contributed by atoms with van der Waals surface area (Å²) in [7, 11) is 0. The number of carbonyl (C=O) groups is 1. The van der Waals surface area contributed by atoms with Gasteiger partial charge in [-0.3, -0.25) is 9.89 Å². The number of hydrogen-bond donors (Lipinski definition) is 1. The first-order valence-electron chi connectivity index (χ1n) is 7.22. The SMILES string of the molecule is CCOC(=O)CCc1n[nH]c(Cn2cnc3ccccc32)n1. The molecule has 2 aromatic heterocycles. The number of aromatic nitrogens is 5. The molecule has 7 heteroatoms. The highest BCUT2D eigenvalue weighted by Gasteiger charge is 2.09. The maximum absolute atomic E-state index is 11.3. The molecule has 3 aromatic rings. The average molecular weight is 299 g/mol. The number of H-pyrrole nitrogens is 1. The van der Waals surface area contributed by atoms with Crippen molar-refractivity contribution in [3.63, 3.8) is 0 Å². The quantitative estimate of drug-likeness (QED) is 0.700. The molecule has 0 saturated heterocycles. The van der Waals surface area contributed by atoms with E-state index in [2.05, 4.69) is 20.2 Å². The van der Waals surface area contributed by atoms with Crippen LogP contribution in [0.4, 0.5) is 0 Å². The molecule has 0 saturated carbocycles. The van der Waals surface area contributed by atoms with Gasteiger partial charge in [0.1, 0.15) is 5.82 Å². The van der Waals surface area contributed by atoms with E-state index in [-0.39, 0.29) is 5.97 Å². The molecule has 0 spiro atoms. The van der Waals surface area contributed by atoms with E-state index in [1.165, 1.54) is 0 Å². The predicted octanol–water partition coefficient (Wildman–Crippen LogP) is 1.70. The van der Waals surface area contributed by atoms with Gasteiger partial charge < -0.3 is 9.30 Å². The topological polar surface area (TPSA) is 85.7 Å². The lowest BCUT2D eigenvalue weighted by Crippen LogP contribution is -2.06. The summed E-state index contributed by atoms with van der Waals surface area (Å²) in [5, 5.41) is 7.03. The van der Waals surface area contributed by atoms with Crippen molar-refractivity contribution in [1.82, 2.24) is 24.7 Å². The molecule has 0 radical (unpaired) electrons. The van der Waals surface area contributed by atoms with Gasteiger partial charge in [-0.1, -0.05) is 12.1 Å². The number of hydrogen-bond acceptors (Lipinski definition) is 5. The van der Waals surface area contributed by atoms with Crippen molar-refractivity contribution in [2.24, 2.45) is 0 Å². The maximum Gasteiger partial charge on any atom is 0.306 e. The molecule has 0 aliphatic heterocycles. The second kappa shape index (κ2) is 6.38. The van der Waals surface area contributed by atoms with Crippen LogP contribution in [0.1, 0.15) is 25.0 Å². The van der Waals surface area contributed by atoms with Crippen molar-refractivity contribution in [2.45, 2.75) is 26.3 Å². The fraction of sp³-hybridized carbons (Fsp3) is 0.333. The summed E-state index contributed by atoms with van der Waals surface area (Å²) in [6.45, 7) is 2.75. The summed E-state index contributed by atoms with van der Waals surface area (Å²) in [6, 6.07) is 7.92. The molecule has 0 atom stereocenters. The standard InChI is InChI=1S/C15H17N5O2/c1-2-22-15(21)8-7-13-17-14(19-18-13)9-20-10-16-11-5-3-4-6-12(11)20/h3-6,10H,2,7-9H2,1H3,(H,17,18,19). The molecule has 0 aliphatic rings. The van der Waals surface area contributed by atoms with E-state index >= 15 is 0 Å². The lowest BCUT2D eigenvalue weighted by Gasteiger charge is -2.00. The number of fused-ring (bicyclic) bond motifs is 1. The average Bonchev–Trinajstić information content (AvgIpc) is 3.14. The number of benzene rings is 1. The van der Waals surface area contributed by atoms with Crippen molar-refractivity contribution >= 4 is 17.0 Å². The summed E-state index contributed by atoms with van der Waals surface area (Å²) >= 11 is 0. The first-order chi connectivity index (χ1) is 10.8. The summed E-state index contributed by atoms with van der Waals surface area (Å²) in [5.74, 6) is 1.13. The Morgan fingerprint density at radius 1 is 1.36 bits per heavy atom. The Morgan fingerprint density at radius 3 is 3.09 bits per heavy atom. The number of ether oxygens (including phenoxy) is 1. The van der Waals surface area contributed by atoms with Gasteiger partial charge in [0, 0.05) is 6.42 Å². The Kier molecular flexibility index (Phi) is 4.13. The Hall–Kier alpha value is -2.70. The van der Waals surface area contributed by atoms with Gasteiger partial charge >= 0.3 is 5.97 Å². The minimum Gasteiger partial charge on any atom is -0.466 e. The van der Waals surface area contributed by atoms with Crippen LogP contribution in [0.3, 0.4) is 0 Å². The van der Waals surface area contributed by atoms with Gasteiger partial charge in [0.25, 0.3) is 0 Å². The zero-order valence-electron chi connectivity index (χ0n) is 12.3. The highest BCUT2D eigenvalue weighted by molar-refractivity contribution is 5.75. The van der Waals surface area contributed by atoms with Gasteiger partial charge in [0.15, 0.2) is 5.82 Å². The minimum absolute atomic E-state index is 0.227. The van der Waals surface area contributed by atoms with Gasteiger partial charge in [0.05, 0.1) is 36.9 Å². The van der Waals surface area contributed by atoms with Crippen LogP contribution in [-0.2, 0) is 22.5 Å². The molecule has 0 aliphatic carbocycles. The lowest BCUT2D eigenvalue weighted by atomic mass is 10.3. The number of rotatable bonds is 6. The number of esters is 1. The van der Waals surface area contributed by atoms with Gasteiger partial charge in [-0.25, -0.2) is 9.97 Å². The third kappa shape index (κ3) is 3.13. The van der Waals surface area contributed by atoms with E-state index < -0.39 is 0 Å². The number of nitrogens with zero attached hydrogens (tertiary/aromatic N) is 4. The molecule has 1 aromatic carbocycles. The molecule has 22 heavy (non-hydrogen) atoms. The molecule has 0 amide bonds. The number of aryl methyl sites for hydroxylation is 1. The number of carbonyl (C=O) groups excluding carboxylic acids is 1. The molecule has 0 bridgehead atoms. The van der Waals surface area contributed by atoms with E-state index in [0.717, 1.165) is 16.9 Å². The number of imidazole rings is 1. The third-order valence-corrected chi connectivity index (χ3v) is 3.28. The summed E-state index contributed by atoms with van der Waals surface area (Å²) in [4.78, 5) is 20.1. The summed E-state index contributed by atoms with van der Waals surface area (Å²) in [5.41, 5.74) is 2.00.